The van der Waals surface area contributed by atoms with Crippen LogP contribution in [0.2, 0.25) is 0 Å². The molecule has 0 saturated carbocycles. The lowest BCUT2D eigenvalue weighted by Crippen LogP contribution is -2.56. The average Bonchev–Trinajstić information content (AvgIpc) is 3.77. The number of primary amides is 1. The summed E-state index contributed by atoms with van der Waals surface area (Å²) in [7, 11) is -5.02. The molecule has 2 aliphatic heterocycles. The fourth-order valence-electron chi connectivity index (χ4n) is 7.88. The third kappa shape index (κ3) is 8.46. The smallest absolute Gasteiger partial charge is 0.372 e. The van der Waals surface area contributed by atoms with Crippen molar-refractivity contribution in [1.82, 2.24) is 15.6 Å². The van der Waals surface area contributed by atoms with Gasteiger partial charge in [-0.15, -0.1) is 0 Å². The van der Waals surface area contributed by atoms with Crippen molar-refractivity contribution in [1.29, 1.82) is 0 Å². The lowest BCUT2D eigenvalue weighted by atomic mass is 9.98. The van der Waals surface area contributed by atoms with Crippen molar-refractivity contribution in [2.45, 2.75) is 89.6 Å². The van der Waals surface area contributed by atoms with E-state index in [1.165, 1.54) is 34.7 Å². The predicted molar refractivity (Wildman–Crippen MR) is 218 cm³/mol. The number of carbonyl (C=O) groups excluding carboxylic acids is 5. The van der Waals surface area contributed by atoms with Gasteiger partial charge < -0.3 is 35.9 Å². The molecule has 14 nitrogen and oxygen atoms in total. The molecule has 4 atom stereocenters. The number of aryl methyl sites for hydroxylation is 1. The number of aromatic amines is 1. The van der Waals surface area contributed by atoms with Crippen LogP contribution in [0.1, 0.15) is 89.1 Å². The number of amides is 4. The molecular weight excluding hydrogens is 761 g/mol. The van der Waals surface area contributed by atoms with Crippen LogP contribution in [0.4, 0.5) is 5.69 Å². The molecule has 302 valence electrons. The van der Waals surface area contributed by atoms with Gasteiger partial charge in [0, 0.05) is 29.3 Å². The number of hydrogen-bond acceptors (Lipinski definition) is 7. The van der Waals surface area contributed by atoms with Gasteiger partial charge in [0.2, 0.25) is 17.7 Å². The summed E-state index contributed by atoms with van der Waals surface area (Å²) >= 11 is 0. The van der Waals surface area contributed by atoms with Gasteiger partial charge in [0.1, 0.15) is 17.8 Å². The zero-order chi connectivity index (χ0) is 41.5. The number of anilines is 1. The monoisotopic (exact) mass is 807 g/mol. The number of nitrogens with zero attached hydrogens (tertiary/aromatic N) is 1. The maximum Gasteiger partial charge on any atom is 0.396 e. The Hall–Kier alpha value is -5.66. The van der Waals surface area contributed by atoms with Crippen molar-refractivity contribution in [2.24, 2.45) is 5.73 Å². The van der Waals surface area contributed by atoms with E-state index in [9.17, 15) is 38.3 Å². The number of rotatable bonds is 14. The number of para-hydroxylation sites is 1. The molecule has 0 radical (unpaired) electrons. The van der Waals surface area contributed by atoms with Gasteiger partial charge in [-0.25, -0.2) is 0 Å². The Morgan fingerprint density at radius 3 is 2.45 bits per heavy atom. The number of benzene rings is 4. The summed E-state index contributed by atoms with van der Waals surface area (Å²) in [5.74, 6) is -1.65. The minimum absolute atomic E-state index is 0.00738. The predicted octanol–water partition coefficient (Wildman–Crippen LogP) is 5.12. The summed E-state index contributed by atoms with van der Waals surface area (Å²) in [6.07, 6.45) is 0.640. The maximum atomic E-state index is 14.4. The van der Waals surface area contributed by atoms with Crippen LogP contribution in [-0.4, -0.2) is 68.2 Å². The highest BCUT2D eigenvalue weighted by atomic mass is 31.2. The van der Waals surface area contributed by atoms with Crippen LogP contribution >= 0.6 is 7.60 Å². The van der Waals surface area contributed by atoms with Gasteiger partial charge in [-0.05, 0) is 95.5 Å². The molecule has 7 N–H and O–H groups in total. The highest BCUT2D eigenvalue weighted by Crippen LogP contribution is 2.40. The normalized spacial score (nSPS) is 17.6. The van der Waals surface area contributed by atoms with Crippen molar-refractivity contribution in [3.63, 3.8) is 0 Å². The van der Waals surface area contributed by atoms with E-state index < -0.39 is 61.0 Å². The number of nitrogens with two attached hydrogens (primary N) is 1. The average molecular weight is 808 g/mol. The molecule has 3 heterocycles. The van der Waals surface area contributed by atoms with Crippen molar-refractivity contribution in [3.8, 4) is 0 Å². The Morgan fingerprint density at radius 1 is 0.948 bits per heavy atom. The van der Waals surface area contributed by atoms with Crippen LogP contribution in [0.5, 0.6) is 0 Å². The molecule has 15 heteroatoms. The number of fused-ring (bicyclic) bond motifs is 2. The van der Waals surface area contributed by atoms with E-state index >= 15 is 0 Å². The number of aromatic nitrogens is 1. The van der Waals surface area contributed by atoms with Crippen LogP contribution in [0, 0.1) is 0 Å². The molecule has 0 fully saturated rings. The molecule has 0 aliphatic carbocycles. The van der Waals surface area contributed by atoms with Crippen molar-refractivity contribution >= 4 is 64.1 Å². The Balaban J connectivity index is 1.08. The molecule has 2 aliphatic rings. The first kappa shape index (κ1) is 40.5. The molecule has 0 spiro atoms. The van der Waals surface area contributed by atoms with Crippen LogP contribution in [0.3, 0.4) is 0 Å². The fraction of sp³-hybridized carbons (Fsp3) is 0.326. The molecular formula is C43H46N5O9P. The third-order valence-corrected chi connectivity index (χ3v) is 11.9. The summed E-state index contributed by atoms with van der Waals surface area (Å²) in [4.78, 5) is 89.4. The van der Waals surface area contributed by atoms with Gasteiger partial charge in [0.05, 0.1) is 24.4 Å². The van der Waals surface area contributed by atoms with E-state index in [1.807, 2.05) is 37.3 Å². The van der Waals surface area contributed by atoms with Crippen molar-refractivity contribution < 1.29 is 43.1 Å². The third-order valence-electron chi connectivity index (χ3n) is 11.1. The second-order valence-electron chi connectivity index (χ2n) is 15.5. The first-order valence-corrected chi connectivity index (χ1v) is 20.9. The molecule has 4 aromatic carbocycles. The molecule has 0 saturated heterocycles. The number of carbonyl (C=O) groups is 5. The van der Waals surface area contributed by atoms with Gasteiger partial charge in [-0.2, -0.15) is 0 Å². The summed E-state index contributed by atoms with van der Waals surface area (Å²) in [5.41, 5.74) is 9.02. The number of ether oxygens (including phenoxy) is 1. The Morgan fingerprint density at radius 2 is 1.71 bits per heavy atom. The molecule has 4 amide bonds. The lowest BCUT2D eigenvalue weighted by molar-refractivity contribution is -0.128. The summed E-state index contributed by atoms with van der Waals surface area (Å²) < 4.78 is 17.8. The SMILES string of the molecule is CC(C)c1ccc2ccc(CO[C@H](C)[C@H](CCC(N)=O)NC(=O)[C@@H]3Cc4cccc5c4N3C(=O)[C@@H](NC(=O)c3cc4cc(C(=O)P(=O)(O)O)ccc4[nH]3)CC5)cc2c1. The zero-order valence-corrected chi connectivity index (χ0v) is 33.3. The fourth-order valence-corrected chi connectivity index (χ4v) is 8.35. The van der Waals surface area contributed by atoms with Crippen LogP contribution in [0.25, 0.3) is 21.7 Å². The van der Waals surface area contributed by atoms with Crippen molar-refractivity contribution in [2.75, 3.05) is 4.90 Å². The quantitative estimate of drug-likeness (QED) is 0.0819. The van der Waals surface area contributed by atoms with E-state index in [0.717, 1.165) is 27.5 Å². The standard InChI is InChI=1S/C43H46N5O9P/c1-23(2)28-10-9-26-8-7-25(17-31(26)18-28)22-57-24(3)33(15-16-38(44)49)46-41(51)37-21-29-6-4-5-27-11-14-35(42(52)48(37)39(27)29)47-40(50)36-20-32-19-30(12-13-34(32)45-36)43(53)58(54,55)56/h4-10,12-13,17-20,23-24,33,35,37,45H,11,14-16,21-22H2,1-3H3,(H2,44,49)(H,46,51)(H,47,50)(H2,54,55,56)/t24-,33+,35+,37+/m1/s1. The molecule has 5 aromatic rings. The summed E-state index contributed by atoms with van der Waals surface area (Å²) in [6, 6.07) is 21.0. The van der Waals surface area contributed by atoms with E-state index in [2.05, 4.69) is 53.7 Å². The maximum absolute atomic E-state index is 14.4. The Kier molecular flexibility index (Phi) is 11.4. The molecule has 58 heavy (non-hydrogen) atoms. The Labute approximate surface area is 334 Å². The first-order valence-electron chi connectivity index (χ1n) is 19.3. The highest BCUT2D eigenvalue weighted by Gasteiger charge is 2.44. The van der Waals surface area contributed by atoms with Gasteiger partial charge in [-0.3, -0.25) is 33.4 Å². The van der Waals surface area contributed by atoms with Gasteiger partial charge in [0.15, 0.2) is 0 Å². The molecule has 0 unspecified atom stereocenters. The zero-order valence-electron chi connectivity index (χ0n) is 32.4. The van der Waals surface area contributed by atoms with E-state index in [1.54, 1.807) is 0 Å². The van der Waals surface area contributed by atoms with Gasteiger partial charge in [-0.1, -0.05) is 62.4 Å². The molecule has 7 rings (SSSR count). The summed E-state index contributed by atoms with van der Waals surface area (Å²) in [5, 5.41) is 8.47. The van der Waals surface area contributed by atoms with Crippen LogP contribution < -0.4 is 21.3 Å². The Bertz CT molecular complexity index is 2510. The van der Waals surface area contributed by atoms with Crippen LogP contribution in [-0.2, 0) is 43.1 Å². The van der Waals surface area contributed by atoms with E-state index in [-0.39, 0.29) is 43.5 Å². The summed E-state index contributed by atoms with van der Waals surface area (Å²) in [6.45, 7) is 6.39. The topological polar surface area (TPSA) is 221 Å². The van der Waals surface area contributed by atoms with E-state index in [0.29, 0.717) is 28.9 Å². The first-order chi connectivity index (χ1) is 27.6. The second-order valence-corrected chi connectivity index (χ2v) is 17.0. The van der Waals surface area contributed by atoms with Crippen LogP contribution in [0.15, 0.2) is 78.9 Å². The highest BCUT2D eigenvalue weighted by molar-refractivity contribution is 7.70. The molecule has 1 aromatic heterocycles. The van der Waals surface area contributed by atoms with E-state index in [4.69, 9.17) is 10.5 Å². The molecule has 0 bridgehead atoms. The number of nitrogens with one attached hydrogen (secondary N) is 3. The minimum atomic E-state index is -5.02. The largest absolute Gasteiger partial charge is 0.396 e. The second kappa shape index (κ2) is 16.3. The minimum Gasteiger partial charge on any atom is -0.372 e. The van der Waals surface area contributed by atoms with Gasteiger partial charge >= 0.3 is 7.60 Å². The lowest BCUT2D eigenvalue weighted by Gasteiger charge is -2.31. The van der Waals surface area contributed by atoms with Crippen molar-refractivity contribution in [3.05, 3.63) is 112 Å². The number of hydrogen-bond donors (Lipinski definition) is 6. The number of H-pyrrole nitrogens is 1. The van der Waals surface area contributed by atoms with Gasteiger partial charge in [0.25, 0.3) is 11.4 Å².